The molecule has 29 heavy (non-hydrogen) atoms. The van der Waals surface area contributed by atoms with E-state index in [-0.39, 0.29) is 12.0 Å². The number of aryl methyl sites for hydroxylation is 2. The second-order valence-corrected chi connectivity index (χ2v) is 9.20. The molecule has 2 aliphatic rings. The van der Waals surface area contributed by atoms with Crippen molar-refractivity contribution < 1.29 is 14.6 Å². The number of likely N-dealkylation sites (tertiary alicyclic amines) is 1. The van der Waals surface area contributed by atoms with E-state index in [0.29, 0.717) is 24.0 Å². The minimum absolute atomic E-state index is 0.179. The number of hydrogen-bond acceptors (Lipinski definition) is 5. The van der Waals surface area contributed by atoms with Gasteiger partial charge in [-0.2, -0.15) is 0 Å². The molecule has 0 bridgehead atoms. The minimum Gasteiger partial charge on any atom is -0.486 e. The summed E-state index contributed by atoms with van der Waals surface area (Å²) in [5, 5.41) is 10.6. The largest absolute Gasteiger partial charge is 0.486 e. The first-order valence-corrected chi connectivity index (χ1v) is 11.2. The van der Waals surface area contributed by atoms with Gasteiger partial charge in [0.05, 0.1) is 17.6 Å². The quantitative estimate of drug-likeness (QED) is 0.762. The van der Waals surface area contributed by atoms with Gasteiger partial charge in [-0.05, 0) is 62.8 Å². The normalized spacial score (nSPS) is 26.2. The molecule has 1 aromatic carbocycles. The van der Waals surface area contributed by atoms with Crippen LogP contribution >= 0.6 is 11.8 Å². The smallest absolute Gasteiger partial charge is 0.232 e. The van der Waals surface area contributed by atoms with Crippen LogP contribution in [0.25, 0.3) is 0 Å². The summed E-state index contributed by atoms with van der Waals surface area (Å²) in [5.74, 6) is 2.11. The molecule has 2 heterocycles. The molecule has 1 saturated carbocycles. The number of aliphatic hydroxyl groups excluding tert-OH is 1. The zero-order valence-electron chi connectivity index (χ0n) is 17.0. The number of carbonyl (C=O) groups is 1. The van der Waals surface area contributed by atoms with Crippen molar-refractivity contribution in [3.8, 4) is 5.75 Å². The highest BCUT2D eigenvalue weighted by Gasteiger charge is 2.43. The number of thioether (sulfide) groups is 1. The third kappa shape index (κ3) is 4.75. The highest BCUT2D eigenvalue weighted by molar-refractivity contribution is 8.00. The Kier molecular flexibility index (Phi) is 6.11. The molecule has 1 N–H and O–H groups in total. The van der Waals surface area contributed by atoms with E-state index < -0.39 is 6.10 Å². The van der Waals surface area contributed by atoms with Gasteiger partial charge >= 0.3 is 0 Å². The Bertz CT molecular complexity index is 860. The van der Waals surface area contributed by atoms with Crippen LogP contribution in [0.2, 0.25) is 0 Å². The number of nitrogens with zero attached hydrogens (tertiary/aromatic N) is 2. The van der Waals surface area contributed by atoms with Crippen LogP contribution in [-0.4, -0.2) is 51.9 Å². The highest BCUT2D eigenvalue weighted by Crippen LogP contribution is 2.38. The van der Waals surface area contributed by atoms with Crippen LogP contribution in [0.15, 0.2) is 47.4 Å². The van der Waals surface area contributed by atoms with Gasteiger partial charge in [0.25, 0.3) is 0 Å². The minimum atomic E-state index is -0.509. The molecule has 5 nitrogen and oxygen atoms in total. The Morgan fingerprint density at radius 3 is 2.59 bits per heavy atom. The SMILES string of the molecule is Cc1ccc(O[C@@H]2C[C@@H]3CN(C(=O)CSc4ccccc4)C[C@@H]3C[C@H]2O)c(C)n1. The van der Waals surface area contributed by atoms with E-state index in [1.807, 2.05) is 61.2 Å². The van der Waals surface area contributed by atoms with Crippen LogP contribution in [0, 0.1) is 25.7 Å². The van der Waals surface area contributed by atoms with Gasteiger partial charge in [0.1, 0.15) is 11.9 Å². The van der Waals surface area contributed by atoms with Gasteiger partial charge < -0.3 is 14.7 Å². The lowest BCUT2D eigenvalue weighted by atomic mass is 9.78. The Morgan fingerprint density at radius 1 is 1.14 bits per heavy atom. The zero-order valence-corrected chi connectivity index (χ0v) is 17.8. The molecule has 4 rings (SSSR count). The van der Waals surface area contributed by atoms with Gasteiger partial charge in [-0.3, -0.25) is 9.78 Å². The van der Waals surface area contributed by atoms with Crippen LogP contribution in [0.4, 0.5) is 0 Å². The number of benzene rings is 1. The number of ether oxygens (including phenoxy) is 1. The molecule has 1 amide bonds. The Hall–Kier alpha value is -2.05. The molecule has 6 heteroatoms. The molecular weight excluding hydrogens is 384 g/mol. The number of carbonyl (C=O) groups excluding carboxylic acids is 1. The van der Waals surface area contributed by atoms with Crippen molar-refractivity contribution in [2.45, 2.75) is 43.8 Å². The van der Waals surface area contributed by atoms with Gasteiger partial charge in [-0.15, -0.1) is 11.8 Å². The standard InChI is InChI=1S/C23H28N2O3S/c1-15-8-9-21(16(2)24-15)28-22-11-18-13-25(12-17(18)10-20(22)26)23(27)14-29-19-6-4-3-5-7-19/h3-9,17-18,20,22,26H,10-14H2,1-2H3/t17-,18+,20+,22+/m0/s1. The zero-order chi connectivity index (χ0) is 20.4. The maximum absolute atomic E-state index is 12.7. The second-order valence-electron chi connectivity index (χ2n) is 8.15. The van der Waals surface area contributed by atoms with E-state index in [0.717, 1.165) is 41.5 Å². The molecule has 1 saturated heterocycles. The van der Waals surface area contributed by atoms with E-state index in [1.165, 1.54) is 0 Å². The van der Waals surface area contributed by atoms with Crippen LogP contribution in [-0.2, 0) is 4.79 Å². The number of aromatic nitrogens is 1. The van der Waals surface area contributed by atoms with Crippen LogP contribution < -0.4 is 4.74 Å². The fourth-order valence-corrected chi connectivity index (χ4v) is 5.26. The van der Waals surface area contributed by atoms with Gasteiger partial charge in [-0.25, -0.2) is 0 Å². The van der Waals surface area contributed by atoms with Gasteiger partial charge in [0.15, 0.2) is 0 Å². The topological polar surface area (TPSA) is 62.7 Å². The van der Waals surface area contributed by atoms with Crippen molar-refractivity contribution in [3.63, 3.8) is 0 Å². The molecule has 1 aliphatic heterocycles. The number of rotatable bonds is 5. The fraction of sp³-hybridized carbons (Fsp3) is 0.478. The van der Waals surface area contributed by atoms with E-state index >= 15 is 0 Å². The van der Waals surface area contributed by atoms with Crippen molar-refractivity contribution in [3.05, 3.63) is 53.9 Å². The molecule has 1 aromatic heterocycles. The number of hydrogen-bond donors (Lipinski definition) is 1. The van der Waals surface area contributed by atoms with E-state index in [4.69, 9.17) is 4.74 Å². The molecule has 154 valence electrons. The number of amides is 1. The molecule has 2 aromatic rings. The van der Waals surface area contributed by atoms with Crippen molar-refractivity contribution in [2.24, 2.45) is 11.8 Å². The molecule has 1 aliphatic carbocycles. The number of pyridine rings is 1. The monoisotopic (exact) mass is 412 g/mol. The third-order valence-corrected chi connectivity index (χ3v) is 6.99. The number of aliphatic hydroxyl groups is 1. The van der Waals surface area contributed by atoms with E-state index in [1.54, 1.807) is 11.8 Å². The maximum Gasteiger partial charge on any atom is 0.232 e. The first kappa shape index (κ1) is 20.2. The summed E-state index contributed by atoms with van der Waals surface area (Å²) in [5.41, 5.74) is 1.80. The first-order chi connectivity index (χ1) is 14.0. The highest BCUT2D eigenvalue weighted by atomic mass is 32.2. The molecule has 2 fully saturated rings. The summed E-state index contributed by atoms with van der Waals surface area (Å²) in [6.07, 6.45) is 0.705. The summed E-state index contributed by atoms with van der Waals surface area (Å²) in [7, 11) is 0. The van der Waals surface area contributed by atoms with Crippen LogP contribution in [0.1, 0.15) is 24.2 Å². The van der Waals surface area contributed by atoms with Crippen molar-refractivity contribution in [1.29, 1.82) is 0 Å². The fourth-order valence-electron chi connectivity index (χ4n) is 4.44. The number of fused-ring (bicyclic) bond motifs is 1. The van der Waals surface area contributed by atoms with Crippen molar-refractivity contribution in [1.82, 2.24) is 9.88 Å². The summed E-state index contributed by atoms with van der Waals surface area (Å²) >= 11 is 1.58. The van der Waals surface area contributed by atoms with Crippen molar-refractivity contribution >= 4 is 17.7 Å². The molecule has 4 atom stereocenters. The van der Waals surface area contributed by atoms with Gasteiger partial charge in [0.2, 0.25) is 5.91 Å². The summed E-state index contributed by atoms with van der Waals surface area (Å²) in [6, 6.07) is 13.9. The van der Waals surface area contributed by atoms with Gasteiger partial charge in [-0.1, -0.05) is 18.2 Å². The molecular formula is C23H28N2O3S. The molecule has 0 spiro atoms. The summed E-state index contributed by atoms with van der Waals surface area (Å²) < 4.78 is 6.14. The lowest BCUT2D eigenvalue weighted by Gasteiger charge is -2.35. The summed E-state index contributed by atoms with van der Waals surface area (Å²) in [4.78, 5) is 20.2. The first-order valence-electron chi connectivity index (χ1n) is 10.2. The predicted molar refractivity (Wildman–Crippen MR) is 114 cm³/mol. The Morgan fingerprint density at radius 2 is 1.86 bits per heavy atom. The lowest BCUT2D eigenvalue weighted by Crippen LogP contribution is -2.42. The van der Waals surface area contributed by atoms with Crippen LogP contribution in [0.3, 0.4) is 0 Å². The lowest BCUT2D eigenvalue weighted by molar-refractivity contribution is -0.127. The average Bonchev–Trinajstić information content (AvgIpc) is 3.12. The molecule has 0 radical (unpaired) electrons. The van der Waals surface area contributed by atoms with E-state index in [2.05, 4.69) is 4.98 Å². The predicted octanol–water partition coefficient (Wildman–Crippen LogP) is 3.47. The Labute approximate surface area is 176 Å². The van der Waals surface area contributed by atoms with Crippen molar-refractivity contribution in [2.75, 3.05) is 18.8 Å². The molecule has 0 unspecified atom stereocenters. The Balaban J connectivity index is 1.34. The van der Waals surface area contributed by atoms with E-state index in [9.17, 15) is 9.90 Å². The van der Waals surface area contributed by atoms with Crippen LogP contribution in [0.5, 0.6) is 5.75 Å². The third-order valence-electron chi connectivity index (χ3n) is 6.00. The maximum atomic E-state index is 12.7. The summed E-state index contributed by atoms with van der Waals surface area (Å²) in [6.45, 7) is 5.39. The second kappa shape index (κ2) is 8.76. The average molecular weight is 413 g/mol. The van der Waals surface area contributed by atoms with Gasteiger partial charge in [0, 0.05) is 23.7 Å².